The molecule has 0 aliphatic heterocycles. The van der Waals surface area contributed by atoms with Crippen LogP contribution >= 0.6 is 11.6 Å². The summed E-state index contributed by atoms with van der Waals surface area (Å²) in [5, 5.41) is 9.42. The first-order chi connectivity index (χ1) is 12.9. The van der Waals surface area contributed by atoms with Gasteiger partial charge in [0.1, 0.15) is 5.82 Å². The molecular weight excluding hydrogens is 377 g/mol. The number of hydrogen-bond donors (Lipinski definition) is 2. The highest BCUT2D eigenvalue weighted by molar-refractivity contribution is 6.31. The molecule has 0 spiro atoms. The SMILES string of the molecule is O=C(COC(=O)Cc1n[nH]c(=O)c2ccccc12)Nc1ccc(F)c(Cl)c1. The number of aromatic amines is 1. The van der Waals surface area contributed by atoms with Crippen molar-refractivity contribution in [1.82, 2.24) is 10.2 Å². The van der Waals surface area contributed by atoms with Crippen LogP contribution in [0.3, 0.4) is 0 Å². The number of H-pyrrole nitrogens is 1. The maximum absolute atomic E-state index is 13.1. The molecule has 3 rings (SSSR count). The van der Waals surface area contributed by atoms with Crippen molar-refractivity contribution >= 4 is 39.9 Å². The van der Waals surface area contributed by atoms with E-state index >= 15 is 0 Å². The maximum Gasteiger partial charge on any atom is 0.312 e. The van der Waals surface area contributed by atoms with Crippen LogP contribution in [0.15, 0.2) is 47.3 Å². The molecule has 2 N–H and O–H groups in total. The minimum atomic E-state index is -0.688. The quantitative estimate of drug-likeness (QED) is 0.653. The van der Waals surface area contributed by atoms with E-state index in [-0.39, 0.29) is 22.7 Å². The summed E-state index contributed by atoms with van der Waals surface area (Å²) in [5.74, 6) is -1.90. The summed E-state index contributed by atoms with van der Waals surface area (Å²) in [4.78, 5) is 35.6. The lowest BCUT2D eigenvalue weighted by molar-refractivity contribution is -0.146. The fourth-order valence-corrected chi connectivity index (χ4v) is 2.59. The zero-order chi connectivity index (χ0) is 19.4. The van der Waals surface area contributed by atoms with Gasteiger partial charge in [-0.2, -0.15) is 5.10 Å². The van der Waals surface area contributed by atoms with Crippen LogP contribution in [0.2, 0.25) is 5.02 Å². The summed E-state index contributed by atoms with van der Waals surface area (Å²) in [6, 6.07) is 10.4. The van der Waals surface area contributed by atoms with Crippen molar-refractivity contribution in [3.05, 3.63) is 69.4 Å². The Hall–Kier alpha value is -3.26. The van der Waals surface area contributed by atoms with Crippen LogP contribution < -0.4 is 10.9 Å². The molecule has 27 heavy (non-hydrogen) atoms. The predicted octanol–water partition coefficient (Wildman–Crippen LogP) is 2.44. The molecule has 0 aliphatic carbocycles. The van der Waals surface area contributed by atoms with Gasteiger partial charge in [-0.3, -0.25) is 14.4 Å². The molecule has 9 heteroatoms. The molecule has 0 bridgehead atoms. The standard InChI is InChI=1S/C18H13ClFN3O4/c19-13-7-10(5-6-14(13)20)21-16(24)9-27-17(25)8-15-11-3-1-2-4-12(11)18(26)23-22-15/h1-7H,8-9H2,(H,21,24)(H,23,26). The molecule has 0 saturated heterocycles. The Morgan fingerprint density at radius 3 is 2.67 bits per heavy atom. The third-order valence-electron chi connectivity index (χ3n) is 3.65. The van der Waals surface area contributed by atoms with Crippen LogP contribution in [-0.4, -0.2) is 28.7 Å². The van der Waals surface area contributed by atoms with Gasteiger partial charge in [0.25, 0.3) is 11.5 Å². The topological polar surface area (TPSA) is 101 Å². The predicted molar refractivity (Wildman–Crippen MR) is 97.1 cm³/mol. The Kier molecular flexibility index (Phi) is 5.46. The second-order valence-corrected chi connectivity index (χ2v) is 5.97. The molecule has 1 heterocycles. The van der Waals surface area contributed by atoms with Gasteiger partial charge in [-0.25, -0.2) is 9.49 Å². The fourth-order valence-electron chi connectivity index (χ4n) is 2.41. The molecule has 1 aromatic heterocycles. The van der Waals surface area contributed by atoms with Gasteiger partial charge in [0, 0.05) is 11.1 Å². The number of anilines is 1. The summed E-state index contributed by atoms with van der Waals surface area (Å²) in [6.45, 7) is -0.533. The first-order valence-corrected chi connectivity index (χ1v) is 8.18. The number of ether oxygens (including phenoxy) is 1. The Labute approximate surface area is 157 Å². The fraction of sp³-hybridized carbons (Fsp3) is 0.111. The molecule has 0 radical (unpaired) electrons. The van der Waals surface area contributed by atoms with E-state index in [2.05, 4.69) is 15.5 Å². The molecule has 0 atom stereocenters. The number of rotatable bonds is 5. The van der Waals surface area contributed by atoms with Crippen molar-refractivity contribution in [2.24, 2.45) is 0 Å². The van der Waals surface area contributed by atoms with E-state index in [0.29, 0.717) is 16.5 Å². The Morgan fingerprint density at radius 2 is 1.93 bits per heavy atom. The number of esters is 1. The largest absolute Gasteiger partial charge is 0.455 e. The number of nitrogens with one attached hydrogen (secondary N) is 2. The van der Waals surface area contributed by atoms with Gasteiger partial charge in [-0.15, -0.1) is 0 Å². The number of carbonyl (C=O) groups is 2. The lowest BCUT2D eigenvalue weighted by atomic mass is 10.1. The minimum absolute atomic E-state index is 0.138. The summed E-state index contributed by atoms with van der Waals surface area (Å²) in [5.41, 5.74) is 0.247. The molecule has 0 aliphatic rings. The molecule has 138 valence electrons. The second kappa shape index (κ2) is 7.96. The summed E-state index contributed by atoms with van der Waals surface area (Å²) >= 11 is 5.63. The Balaban J connectivity index is 1.60. The highest BCUT2D eigenvalue weighted by atomic mass is 35.5. The summed E-state index contributed by atoms with van der Waals surface area (Å²) < 4.78 is 18.0. The first kappa shape index (κ1) is 18.5. The number of hydrogen-bond acceptors (Lipinski definition) is 5. The van der Waals surface area contributed by atoms with E-state index in [4.69, 9.17) is 16.3 Å². The van der Waals surface area contributed by atoms with Crippen molar-refractivity contribution in [3.8, 4) is 0 Å². The minimum Gasteiger partial charge on any atom is -0.455 e. The second-order valence-electron chi connectivity index (χ2n) is 5.56. The average Bonchev–Trinajstić information content (AvgIpc) is 2.66. The Morgan fingerprint density at radius 1 is 1.19 bits per heavy atom. The van der Waals surface area contributed by atoms with Gasteiger partial charge in [-0.05, 0) is 24.3 Å². The third-order valence-corrected chi connectivity index (χ3v) is 3.94. The zero-order valence-corrected chi connectivity index (χ0v) is 14.5. The summed E-state index contributed by atoms with van der Waals surface area (Å²) in [7, 11) is 0. The molecule has 3 aromatic rings. The number of benzene rings is 2. The number of carbonyl (C=O) groups excluding carboxylic acids is 2. The van der Waals surface area contributed by atoms with Crippen molar-refractivity contribution < 1.29 is 18.7 Å². The molecule has 7 nitrogen and oxygen atoms in total. The summed E-state index contributed by atoms with van der Waals surface area (Å²) in [6.07, 6.45) is -0.215. The number of nitrogens with zero attached hydrogens (tertiary/aromatic N) is 1. The molecular formula is C18H13ClFN3O4. The van der Waals surface area contributed by atoms with E-state index < -0.39 is 24.3 Å². The Bertz CT molecular complexity index is 1080. The third kappa shape index (κ3) is 4.48. The van der Waals surface area contributed by atoms with Gasteiger partial charge in [0.15, 0.2) is 6.61 Å². The molecule has 0 fully saturated rings. The van der Waals surface area contributed by atoms with Gasteiger partial charge in [-0.1, -0.05) is 29.8 Å². The number of amides is 1. The van der Waals surface area contributed by atoms with Gasteiger partial charge >= 0.3 is 5.97 Å². The van der Waals surface area contributed by atoms with E-state index in [1.54, 1.807) is 24.3 Å². The first-order valence-electron chi connectivity index (χ1n) is 7.81. The maximum atomic E-state index is 13.1. The highest BCUT2D eigenvalue weighted by Gasteiger charge is 2.13. The van der Waals surface area contributed by atoms with Crippen molar-refractivity contribution in [1.29, 1.82) is 0 Å². The number of aromatic nitrogens is 2. The number of halogens is 2. The molecule has 0 unspecified atom stereocenters. The monoisotopic (exact) mass is 389 g/mol. The van der Waals surface area contributed by atoms with Crippen molar-refractivity contribution in [2.75, 3.05) is 11.9 Å². The van der Waals surface area contributed by atoms with E-state index in [0.717, 1.165) is 6.07 Å². The van der Waals surface area contributed by atoms with Gasteiger partial charge < -0.3 is 10.1 Å². The van der Waals surface area contributed by atoms with E-state index in [9.17, 15) is 18.8 Å². The van der Waals surface area contributed by atoms with Crippen LogP contribution in [0.4, 0.5) is 10.1 Å². The van der Waals surface area contributed by atoms with Gasteiger partial charge in [0.05, 0.1) is 22.5 Å². The van der Waals surface area contributed by atoms with Crippen LogP contribution in [0.1, 0.15) is 5.69 Å². The van der Waals surface area contributed by atoms with Crippen LogP contribution in [-0.2, 0) is 20.7 Å². The van der Waals surface area contributed by atoms with Gasteiger partial charge in [0.2, 0.25) is 0 Å². The zero-order valence-electron chi connectivity index (χ0n) is 13.8. The molecule has 0 saturated carbocycles. The lowest BCUT2D eigenvalue weighted by Crippen LogP contribution is -2.22. The van der Waals surface area contributed by atoms with Crippen molar-refractivity contribution in [3.63, 3.8) is 0 Å². The van der Waals surface area contributed by atoms with E-state index in [1.807, 2.05) is 0 Å². The number of fused-ring (bicyclic) bond motifs is 1. The van der Waals surface area contributed by atoms with Crippen LogP contribution in [0, 0.1) is 5.82 Å². The average molecular weight is 390 g/mol. The van der Waals surface area contributed by atoms with E-state index in [1.165, 1.54) is 12.1 Å². The molecule has 1 amide bonds. The highest BCUT2D eigenvalue weighted by Crippen LogP contribution is 2.19. The van der Waals surface area contributed by atoms with Crippen LogP contribution in [0.25, 0.3) is 10.8 Å². The lowest BCUT2D eigenvalue weighted by Gasteiger charge is -2.08. The van der Waals surface area contributed by atoms with Crippen molar-refractivity contribution in [2.45, 2.75) is 6.42 Å². The van der Waals surface area contributed by atoms with Crippen LogP contribution in [0.5, 0.6) is 0 Å². The molecule has 2 aromatic carbocycles. The normalized spacial score (nSPS) is 10.6. The smallest absolute Gasteiger partial charge is 0.312 e.